The summed E-state index contributed by atoms with van der Waals surface area (Å²) in [4.78, 5) is 6.75. The third-order valence-corrected chi connectivity index (χ3v) is 6.55. The van der Waals surface area contributed by atoms with Crippen LogP contribution in [0.25, 0.3) is 0 Å². The number of hydrogen-bond donors (Lipinski definition) is 1. The number of ether oxygens (including phenoxy) is 2. The van der Waals surface area contributed by atoms with Crippen LogP contribution in [0.1, 0.15) is 24.5 Å². The van der Waals surface area contributed by atoms with Crippen LogP contribution < -0.4 is 14.4 Å². The second kappa shape index (κ2) is 9.88. The van der Waals surface area contributed by atoms with Crippen LogP contribution >= 0.6 is 15.9 Å². The van der Waals surface area contributed by atoms with Gasteiger partial charge in [0.05, 0.1) is 32.1 Å². The molecule has 1 fully saturated rings. The Morgan fingerprint density at radius 1 is 1.28 bits per heavy atom. The number of pyridine rings is 1. The molecule has 0 bridgehead atoms. The van der Waals surface area contributed by atoms with Crippen molar-refractivity contribution in [2.75, 3.05) is 31.8 Å². The van der Waals surface area contributed by atoms with Crippen molar-refractivity contribution in [1.82, 2.24) is 9.71 Å². The van der Waals surface area contributed by atoms with Crippen molar-refractivity contribution in [2.45, 2.75) is 31.7 Å². The fourth-order valence-electron chi connectivity index (χ4n) is 3.27. The first-order chi connectivity index (χ1) is 13.9. The molecule has 1 atom stereocenters. The first-order valence-corrected chi connectivity index (χ1v) is 12.0. The van der Waals surface area contributed by atoms with Gasteiger partial charge in [0.1, 0.15) is 16.2 Å². The topological polar surface area (TPSA) is 80.8 Å². The molecular formula is C20H26BrN3O4S. The summed E-state index contributed by atoms with van der Waals surface area (Å²) in [7, 11) is -1.91. The fraction of sp³-hybridized carbons (Fsp3) is 0.450. The predicted octanol–water partition coefficient (Wildman–Crippen LogP) is 3.09. The Morgan fingerprint density at radius 2 is 2.03 bits per heavy atom. The number of nitrogens with zero attached hydrogens (tertiary/aromatic N) is 2. The molecule has 3 rings (SSSR count). The molecule has 0 saturated carbocycles. The Balaban J connectivity index is 1.70. The Labute approximate surface area is 180 Å². The van der Waals surface area contributed by atoms with E-state index in [0.717, 1.165) is 30.1 Å². The lowest BCUT2D eigenvalue weighted by atomic mass is 10.1. The number of nitrogens with one attached hydrogen (secondary N) is 1. The zero-order valence-corrected chi connectivity index (χ0v) is 19.0. The molecule has 0 amide bonds. The van der Waals surface area contributed by atoms with Crippen LogP contribution in [0.2, 0.25) is 0 Å². The number of aromatic nitrogens is 1. The highest BCUT2D eigenvalue weighted by atomic mass is 79.9. The summed E-state index contributed by atoms with van der Waals surface area (Å²) in [5.74, 6) is 1.40. The average molecular weight is 484 g/mol. The molecule has 1 N–H and O–H groups in total. The van der Waals surface area contributed by atoms with Gasteiger partial charge in [0, 0.05) is 13.1 Å². The quantitative estimate of drug-likeness (QED) is 0.581. The summed E-state index contributed by atoms with van der Waals surface area (Å²) >= 11 is 3.42. The van der Waals surface area contributed by atoms with E-state index in [1.54, 1.807) is 13.2 Å². The maximum absolute atomic E-state index is 12.6. The van der Waals surface area contributed by atoms with E-state index in [4.69, 9.17) is 9.47 Å². The van der Waals surface area contributed by atoms with E-state index in [9.17, 15) is 8.42 Å². The molecule has 29 heavy (non-hydrogen) atoms. The summed E-state index contributed by atoms with van der Waals surface area (Å²) in [5.41, 5.74) is 1.55. The van der Waals surface area contributed by atoms with E-state index in [-0.39, 0.29) is 18.3 Å². The van der Waals surface area contributed by atoms with Crippen molar-refractivity contribution in [3.05, 3.63) is 52.1 Å². The van der Waals surface area contributed by atoms with Gasteiger partial charge in [0.15, 0.2) is 0 Å². The molecule has 158 valence electrons. The normalized spacial score (nSPS) is 17.3. The van der Waals surface area contributed by atoms with Gasteiger partial charge < -0.3 is 14.4 Å². The maximum Gasteiger partial charge on any atom is 0.216 e. The molecule has 1 aromatic carbocycles. The Bertz CT molecular complexity index is 922. The summed E-state index contributed by atoms with van der Waals surface area (Å²) in [6.45, 7) is 4.37. The van der Waals surface area contributed by atoms with Crippen LogP contribution in [0.5, 0.6) is 5.75 Å². The van der Waals surface area contributed by atoms with Crippen molar-refractivity contribution >= 4 is 31.8 Å². The summed E-state index contributed by atoms with van der Waals surface area (Å²) < 4.78 is 39.2. The Kier molecular flexibility index (Phi) is 7.50. The largest absolute Gasteiger partial charge is 0.497 e. The minimum Gasteiger partial charge on any atom is -0.497 e. The van der Waals surface area contributed by atoms with E-state index >= 15 is 0 Å². The highest BCUT2D eigenvalue weighted by Gasteiger charge is 2.24. The number of anilines is 1. The average Bonchev–Trinajstić information content (AvgIpc) is 2.72. The van der Waals surface area contributed by atoms with E-state index < -0.39 is 10.0 Å². The molecule has 0 aliphatic carbocycles. The van der Waals surface area contributed by atoms with E-state index in [1.165, 1.54) is 0 Å². The number of hydrogen-bond acceptors (Lipinski definition) is 6. The van der Waals surface area contributed by atoms with E-state index in [0.29, 0.717) is 23.4 Å². The summed E-state index contributed by atoms with van der Waals surface area (Å²) in [6, 6.07) is 11.1. The first-order valence-electron chi connectivity index (χ1n) is 9.51. The molecule has 7 nitrogen and oxygen atoms in total. The van der Waals surface area contributed by atoms with E-state index in [2.05, 4.69) is 37.5 Å². The second-order valence-electron chi connectivity index (χ2n) is 6.91. The third kappa shape index (κ3) is 6.15. The minimum absolute atomic E-state index is 0.113. The van der Waals surface area contributed by atoms with Gasteiger partial charge in [-0.25, -0.2) is 18.1 Å². The molecule has 0 radical (unpaired) electrons. The molecule has 2 heterocycles. The second-order valence-corrected chi connectivity index (χ2v) is 9.53. The molecule has 9 heteroatoms. The molecule has 1 saturated heterocycles. The van der Waals surface area contributed by atoms with Gasteiger partial charge in [0.25, 0.3) is 0 Å². The molecule has 1 unspecified atom stereocenters. The number of sulfonamides is 1. The van der Waals surface area contributed by atoms with Gasteiger partial charge in [-0.2, -0.15) is 0 Å². The van der Waals surface area contributed by atoms with Crippen molar-refractivity contribution in [1.29, 1.82) is 0 Å². The number of halogens is 1. The lowest BCUT2D eigenvalue weighted by Gasteiger charge is -2.36. The zero-order valence-electron chi connectivity index (χ0n) is 16.6. The number of morpholine rings is 1. The minimum atomic E-state index is -3.50. The molecule has 0 spiro atoms. The molecule has 1 aliphatic heterocycles. The lowest BCUT2D eigenvalue weighted by molar-refractivity contribution is 0.0925. The molecular weight excluding hydrogens is 458 g/mol. The SMILES string of the molecule is CCC1COCCN1c1cc(CS(=O)(=O)NCc2ccc(OC)cc2)cc(Br)n1. The number of rotatable bonds is 8. The third-order valence-electron chi connectivity index (χ3n) is 4.85. The van der Waals surface area contributed by atoms with Crippen molar-refractivity contribution in [2.24, 2.45) is 0 Å². The summed E-state index contributed by atoms with van der Waals surface area (Å²) in [5, 5.41) is 0. The van der Waals surface area contributed by atoms with Crippen LogP contribution in [0, 0.1) is 0 Å². The number of methoxy groups -OCH3 is 1. The van der Waals surface area contributed by atoms with Gasteiger partial charge in [-0.15, -0.1) is 0 Å². The Morgan fingerprint density at radius 3 is 2.72 bits per heavy atom. The molecule has 1 aromatic heterocycles. The highest BCUT2D eigenvalue weighted by Crippen LogP contribution is 2.24. The van der Waals surface area contributed by atoms with Gasteiger partial charge in [-0.05, 0) is 57.7 Å². The van der Waals surface area contributed by atoms with E-state index in [1.807, 2.05) is 30.3 Å². The zero-order chi connectivity index (χ0) is 20.9. The Hall–Kier alpha value is -1.68. The van der Waals surface area contributed by atoms with Crippen molar-refractivity contribution in [3.8, 4) is 5.75 Å². The molecule has 2 aromatic rings. The fourth-order valence-corrected chi connectivity index (χ4v) is 4.84. The maximum atomic E-state index is 12.6. The van der Waals surface area contributed by atoms with Crippen LogP contribution in [-0.2, 0) is 27.1 Å². The molecule has 1 aliphatic rings. The van der Waals surface area contributed by atoms with Gasteiger partial charge >= 0.3 is 0 Å². The van der Waals surface area contributed by atoms with Gasteiger partial charge in [-0.3, -0.25) is 0 Å². The first kappa shape index (κ1) is 22.0. The standard InChI is InChI=1S/C20H26BrN3O4S/c1-3-17-13-28-9-8-24(17)20-11-16(10-19(21)23-20)14-29(25,26)22-12-15-4-6-18(27-2)7-5-15/h4-7,10-11,17,22H,3,8-9,12-14H2,1-2H3. The van der Waals surface area contributed by atoms with Crippen LogP contribution in [-0.4, -0.2) is 46.3 Å². The van der Waals surface area contributed by atoms with Crippen molar-refractivity contribution in [3.63, 3.8) is 0 Å². The smallest absolute Gasteiger partial charge is 0.216 e. The monoisotopic (exact) mass is 483 g/mol. The van der Waals surface area contributed by atoms with Crippen LogP contribution in [0.4, 0.5) is 5.82 Å². The predicted molar refractivity (Wildman–Crippen MR) is 117 cm³/mol. The number of benzene rings is 1. The highest BCUT2D eigenvalue weighted by molar-refractivity contribution is 9.10. The van der Waals surface area contributed by atoms with Crippen LogP contribution in [0.15, 0.2) is 41.0 Å². The van der Waals surface area contributed by atoms with Crippen molar-refractivity contribution < 1.29 is 17.9 Å². The lowest BCUT2D eigenvalue weighted by Crippen LogP contribution is -2.45. The van der Waals surface area contributed by atoms with Crippen LogP contribution in [0.3, 0.4) is 0 Å². The van der Waals surface area contributed by atoms with Gasteiger partial charge in [0.2, 0.25) is 10.0 Å². The van der Waals surface area contributed by atoms with Gasteiger partial charge in [-0.1, -0.05) is 19.1 Å². The summed E-state index contributed by atoms with van der Waals surface area (Å²) in [6.07, 6.45) is 0.936.